The van der Waals surface area contributed by atoms with Gasteiger partial charge in [0.15, 0.2) is 0 Å². The Balaban J connectivity index is 1.29. The summed E-state index contributed by atoms with van der Waals surface area (Å²) in [5.74, 6) is 0. The van der Waals surface area contributed by atoms with Crippen molar-refractivity contribution in [2.24, 2.45) is 0 Å². The molecule has 0 fully saturated rings. The number of nitrogens with one attached hydrogen (secondary N) is 2. The first kappa shape index (κ1) is 34.7. The van der Waals surface area contributed by atoms with E-state index in [1.54, 1.807) is 0 Å². The number of aromatic nitrogens is 4. The van der Waals surface area contributed by atoms with Crippen molar-refractivity contribution in [2.75, 3.05) is 0 Å². The molecule has 6 heteroatoms. The predicted octanol–water partition coefficient (Wildman–Crippen LogP) is 12.9. The van der Waals surface area contributed by atoms with Crippen LogP contribution in [-0.2, 0) is 0 Å². The van der Waals surface area contributed by atoms with Crippen molar-refractivity contribution in [1.29, 1.82) is 0 Å². The van der Waals surface area contributed by atoms with Crippen LogP contribution in [0.1, 0.15) is 22.8 Å². The summed E-state index contributed by atoms with van der Waals surface area (Å²) < 4.78 is 5.24. The van der Waals surface area contributed by atoms with Gasteiger partial charge >= 0.3 is 349 Å². The Morgan fingerprint density at radius 1 is 0.276 bits per heavy atom. The summed E-state index contributed by atoms with van der Waals surface area (Å²) in [6, 6.07) is 61.1. The predicted molar refractivity (Wildman–Crippen MR) is 247 cm³/mol. The van der Waals surface area contributed by atoms with Crippen LogP contribution in [0.5, 0.6) is 0 Å². The molecule has 0 saturated heterocycles. The average Bonchev–Trinajstić information content (AvgIpc) is 4.13. The number of hydrogen-bond donors (Lipinski definition) is 2. The number of nitrogens with zero attached hydrogens (tertiary/aromatic N) is 2. The molecule has 0 radical (unpaired) electrons. The molecule has 11 rings (SSSR count). The van der Waals surface area contributed by atoms with Gasteiger partial charge in [-0.05, 0) is 0 Å². The molecule has 274 valence electrons. The number of rotatable bonds is 4. The van der Waals surface area contributed by atoms with Crippen molar-refractivity contribution in [3.8, 4) is 44.5 Å². The molecule has 0 spiro atoms. The molecule has 2 aliphatic heterocycles. The van der Waals surface area contributed by atoms with Crippen molar-refractivity contribution in [3.63, 3.8) is 0 Å². The zero-order valence-electron chi connectivity index (χ0n) is 31.2. The molecule has 58 heavy (non-hydrogen) atoms. The van der Waals surface area contributed by atoms with Gasteiger partial charge in [-0.25, -0.2) is 0 Å². The molecular weight excluding hydrogens is 839 g/mol. The van der Waals surface area contributed by atoms with E-state index in [9.17, 15) is 0 Å². The molecule has 12 bridgehead atoms. The third kappa shape index (κ3) is 6.34. The summed E-state index contributed by atoms with van der Waals surface area (Å²) in [4.78, 5) is 18.4. The minimum atomic E-state index is -0.00760. The first-order valence-corrected chi connectivity index (χ1v) is 22.7. The molecule has 5 aromatic heterocycles. The third-order valence-electron chi connectivity index (χ3n) is 10.7. The van der Waals surface area contributed by atoms with Gasteiger partial charge in [-0.2, -0.15) is 0 Å². The minimum absolute atomic E-state index is 0.00760. The Morgan fingerprint density at radius 3 is 0.931 bits per heavy atom. The van der Waals surface area contributed by atoms with E-state index >= 15 is 0 Å². The van der Waals surface area contributed by atoms with Crippen molar-refractivity contribution in [3.05, 3.63) is 193 Å². The molecular formula is C52H34N4Se2. The van der Waals surface area contributed by atoms with E-state index in [1.165, 1.54) is 61.5 Å². The summed E-state index contributed by atoms with van der Waals surface area (Å²) in [5, 5.41) is 0. The van der Waals surface area contributed by atoms with Crippen LogP contribution >= 0.6 is 0 Å². The molecule has 2 N–H and O–H groups in total. The molecule has 0 unspecified atom stereocenters. The van der Waals surface area contributed by atoms with Crippen LogP contribution in [-0.4, -0.2) is 48.9 Å². The number of H-pyrrole nitrogens is 2. The summed E-state index contributed by atoms with van der Waals surface area (Å²) in [5.41, 5.74) is 17.5. The third-order valence-corrected chi connectivity index (χ3v) is 15.4. The zero-order valence-corrected chi connectivity index (χ0v) is 34.6. The second-order valence-electron chi connectivity index (χ2n) is 14.3. The fourth-order valence-electron chi connectivity index (χ4n) is 8.01. The zero-order chi connectivity index (χ0) is 38.4. The van der Waals surface area contributed by atoms with Crippen molar-refractivity contribution < 1.29 is 0 Å². The standard InChI is InChI=1S/C52H34N4Se2/c1-5-13-33(14-6-1)49-41-25-21-37(53-41)38-22-26-43(54-38)51(35-17-9-3-10-18-35)47-31-32-48(58-47)52(36-19-11-4-12-20-36)44-28-24-40(56-44)39-23-27-42(55-39)50(34-15-7-2-8-16-34)46-30-29-45(49)57-46/h1-32,53,55H. The number of hydrogen-bond acceptors (Lipinski definition) is 2. The van der Waals surface area contributed by atoms with Gasteiger partial charge in [-0.1, -0.05) is 0 Å². The number of benzene rings is 4. The van der Waals surface area contributed by atoms with E-state index in [-0.39, 0.29) is 29.0 Å². The second-order valence-corrected chi connectivity index (χ2v) is 18.8. The van der Waals surface area contributed by atoms with Crippen LogP contribution in [0.2, 0.25) is 0 Å². The monoisotopic (exact) mass is 874 g/mol. The first-order valence-electron chi connectivity index (χ1n) is 19.3. The summed E-state index contributed by atoms with van der Waals surface area (Å²) >= 11 is 0.00918. The van der Waals surface area contributed by atoms with E-state index in [0.717, 1.165) is 44.8 Å². The molecule has 4 aromatic carbocycles. The van der Waals surface area contributed by atoms with E-state index in [2.05, 4.69) is 204 Å². The molecule has 0 amide bonds. The quantitative estimate of drug-likeness (QED) is 0.173. The summed E-state index contributed by atoms with van der Waals surface area (Å²) in [7, 11) is 0. The molecule has 7 heterocycles. The molecule has 0 saturated carbocycles. The first-order chi connectivity index (χ1) is 28.7. The van der Waals surface area contributed by atoms with Crippen molar-refractivity contribution in [1.82, 2.24) is 19.9 Å². The molecule has 2 aliphatic rings. The molecule has 4 nitrogen and oxygen atoms in total. The summed E-state index contributed by atoms with van der Waals surface area (Å²) in [6.45, 7) is 0. The average molecular weight is 873 g/mol. The van der Waals surface area contributed by atoms with Crippen molar-refractivity contribution >= 4 is 92.4 Å². The summed E-state index contributed by atoms with van der Waals surface area (Å²) in [6.07, 6.45) is 8.68. The van der Waals surface area contributed by atoms with Gasteiger partial charge in [0.05, 0.1) is 0 Å². The Morgan fingerprint density at radius 2 is 0.569 bits per heavy atom. The van der Waals surface area contributed by atoms with Crippen LogP contribution < -0.4 is 0 Å². The van der Waals surface area contributed by atoms with Gasteiger partial charge in [0, 0.05) is 0 Å². The Bertz CT molecular complexity index is 3090. The van der Waals surface area contributed by atoms with Gasteiger partial charge in [-0.3, -0.25) is 0 Å². The van der Waals surface area contributed by atoms with Crippen LogP contribution in [0.4, 0.5) is 0 Å². The van der Waals surface area contributed by atoms with Crippen LogP contribution in [0.25, 0.3) is 108 Å². The fourth-order valence-corrected chi connectivity index (χ4v) is 12.9. The molecule has 9 aromatic rings. The maximum atomic E-state index is 5.35. The Hall–Kier alpha value is -6.52. The SMILES string of the molecule is C1=Cc2nc1c(-c1ccccc1)c1ccc([se]1)c(-c1ccccc1)c1nc(c3ccc([nH]3)c(-c3ccccc3)c3ccc([se]3)c(-c3ccccc3)c3ccc2[nH]3)C=C1. The van der Waals surface area contributed by atoms with E-state index in [0.29, 0.717) is 0 Å². The van der Waals surface area contributed by atoms with Gasteiger partial charge in [0.1, 0.15) is 0 Å². The Labute approximate surface area is 347 Å². The second kappa shape index (κ2) is 14.8. The van der Waals surface area contributed by atoms with Crippen LogP contribution in [0, 0.1) is 0 Å². The maximum absolute atomic E-state index is 5.35. The molecule has 0 atom stereocenters. The number of fused-ring (bicyclic) bond motifs is 14. The van der Waals surface area contributed by atoms with Crippen LogP contribution in [0.15, 0.2) is 170 Å². The fraction of sp³-hybridized carbons (Fsp3) is 0. The van der Waals surface area contributed by atoms with E-state index in [4.69, 9.17) is 9.97 Å². The molecule has 0 aliphatic carbocycles. The number of aromatic amines is 2. The normalized spacial score (nSPS) is 12.0. The van der Waals surface area contributed by atoms with Gasteiger partial charge < -0.3 is 0 Å². The van der Waals surface area contributed by atoms with Crippen molar-refractivity contribution in [2.45, 2.75) is 0 Å². The van der Waals surface area contributed by atoms with E-state index in [1.807, 2.05) is 0 Å². The van der Waals surface area contributed by atoms with Gasteiger partial charge in [-0.15, -0.1) is 0 Å². The van der Waals surface area contributed by atoms with E-state index < -0.39 is 0 Å². The Kier molecular flexibility index (Phi) is 8.84. The van der Waals surface area contributed by atoms with Gasteiger partial charge in [0.25, 0.3) is 0 Å². The topological polar surface area (TPSA) is 57.4 Å². The van der Waals surface area contributed by atoms with Gasteiger partial charge in [0.2, 0.25) is 0 Å². The van der Waals surface area contributed by atoms with Crippen LogP contribution in [0.3, 0.4) is 0 Å².